The molecule has 1 aliphatic heterocycles. The van der Waals surface area contributed by atoms with E-state index in [1.54, 1.807) is 16.4 Å². The summed E-state index contributed by atoms with van der Waals surface area (Å²) in [5.41, 5.74) is 0.711. The van der Waals surface area contributed by atoms with Gasteiger partial charge in [0, 0.05) is 13.1 Å². The number of methoxy groups -OCH3 is 1. The molecule has 3 rings (SSSR count). The average molecular weight is 263 g/mol. The molecule has 0 radical (unpaired) electrons. The van der Waals surface area contributed by atoms with Crippen molar-refractivity contribution in [2.24, 2.45) is 0 Å². The van der Waals surface area contributed by atoms with Gasteiger partial charge in [-0.05, 0) is 42.9 Å². The van der Waals surface area contributed by atoms with E-state index >= 15 is 0 Å². The third-order valence-electron chi connectivity index (χ3n) is 3.19. The molecule has 0 spiro atoms. The van der Waals surface area contributed by atoms with Gasteiger partial charge in [-0.2, -0.15) is 0 Å². The molecular weight excluding hydrogens is 250 g/mol. The van der Waals surface area contributed by atoms with Crippen LogP contribution >= 0.6 is 12.2 Å². The first-order valence-electron chi connectivity index (χ1n) is 5.79. The second-order valence-corrected chi connectivity index (χ2v) is 4.56. The molecule has 2 heterocycles. The van der Waals surface area contributed by atoms with Crippen LogP contribution in [0.25, 0.3) is 5.69 Å². The highest BCUT2D eigenvalue weighted by atomic mass is 32.1. The van der Waals surface area contributed by atoms with Crippen molar-refractivity contribution in [3.05, 3.63) is 39.5 Å². The quantitative estimate of drug-likeness (QED) is 0.772. The summed E-state index contributed by atoms with van der Waals surface area (Å²) in [6.07, 6.45) is 0.975. The van der Waals surface area contributed by atoms with Crippen molar-refractivity contribution >= 4 is 12.2 Å². The van der Waals surface area contributed by atoms with Gasteiger partial charge >= 0.3 is 5.69 Å². The van der Waals surface area contributed by atoms with Crippen LogP contribution in [0.4, 0.5) is 0 Å². The van der Waals surface area contributed by atoms with Crippen LogP contribution in [0.1, 0.15) is 6.42 Å². The minimum Gasteiger partial charge on any atom is -0.497 e. The van der Waals surface area contributed by atoms with Crippen LogP contribution in [-0.4, -0.2) is 21.0 Å². The number of ether oxygens (including phenoxy) is 1. The van der Waals surface area contributed by atoms with Crippen LogP contribution in [0.2, 0.25) is 0 Å². The number of nitrogens with zero attached hydrogens (tertiary/aromatic N) is 3. The SMILES string of the molecule is COc1ccc(-n2c(=O)n3n(c2=S)CCC3)cc1. The first-order chi connectivity index (χ1) is 8.72. The molecule has 1 aromatic carbocycles. The van der Waals surface area contributed by atoms with Crippen LogP contribution in [0, 0.1) is 4.77 Å². The minimum atomic E-state index is -0.0670. The summed E-state index contributed by atoms with van der Waals surface area (Å²) in [5.74, 6) is 0.761. The molecule has 0 unspecified atom stereocenters. The summed E-state index contributed by atoms with van der Waals surface area (Å²) in [4.78, 5) is 12.2. The van der Waals surface area contributed by atoms with Gasteiger partial charge in [0.25, 0.3) is 0 Å². The van der Waals surface area contributed by atoms with E-state index in [-0.39, 0.29) is 5.69 Å². The van der Waals surface area contributed by atoms with Crippen molar-refractivity contribution in [2.45, 2.75) is 19.5 Å². The molecule has 0 saturated carbocycles. The molecule has 0 fully saturated rings. The molecule has 0 bridgehead atoms. The molecule has 0 aliphatic carbocycles. The predicted molar refractivity (Wildman–Crippen MR) is 70.0 cm³/mol. The topological polar surface area (TPSA) is 41.1 Å². The van der Waals surface area contributed by atoms with E-state index in [1.807, 2.05) is 28.9 Å². The molecule has 0 atom stereocenters. The van der Waals surface area contributed by atoms with Gasteiger partial charge < -0.3 is 4.74 Å². The summed E-state index contributed by atoms with van der Waals surface area (Å²) >= 11 is 5.36. The zero-order valence-electron chi connectivity index (χ0n) is 10.00. The summed E-state index contributed by atoms with van der Waals surface area (Å²) < 4.78 is 10.8. The van der Waals surface area contributed by atoms with Gasteiger partial charge in [-0.1, -0.05) is 0 Å². The van der Waals surface area contributed by atoms with Crippen molar-refractivity contribution in [1.29, 1.82) is 0 Å². The number of rotatable bonds is 2. The minimum absolute atomic E-state index is 0.0670. The maximum atomic E-state index is 12.2. The molecule has 5 nitrogen and oxygen atoms in total. The van der Waals surface area contributed by atoms with Crippen molar-refractivity contribution in [2.75, 3.05) is 7.11 Å². The van der Waals surface area contributed by atoms with E-state index in [0.29, 0.717) is 4.77 Å². The van der Waals surface area contributed by atoms with E-state index in [2.05, 4.69) is 0 Å². The maximum Gasteiger partial charge on any atom is 0.349 e. The van der Waals surface area contributed by atoms with Crippen LogP contribution in [0.15, 0.2) is 29.1 Å². The molecular formula is C12H13N3O2S. The van der Waals surface area contributed by atoms with Gasteiger partial charge in [0.1, 0.15) is 5.75 Å². The van der Waals surface area contributed by atoms with E-state index in [1.165, 1.54) is 0 Å². The fraction of sp³-hybridized carbons (Fsp3) is 0.333. The Bertz CT molecular complexity index is 658. The van der Waals surface area contributed by atoms with Gasteiger partial charge in [-0.25, -0.2) is 14.0 Å². The van der Waals surface area contributed by atoms with Gasteiger partial charge in [0.2, 0.25) is 4.77 Å². The Hall–Kier alpha value is -1.82. The van der Waals surface area contributed by atoms with E-state index < -0.39 is 0 Å². The highest BCUT2D eigenvalue weighted by Crippen LogP contribution is 2.15. The lowest BCUT2D eigenvalue weighted by Gasteiger charge is -2.03. The first-order valence-corrected chi connectivity index (χ1v) is 6.20. The molecule has 18 heavy (non-hydrogen) atoms. The zero-order chi connectivity index (χ0) is 12.7. The van der Waals surface area contributed by atoms with E-state index in [4.69, 9.17) is 17.0 Å². The molecule has 2 aromatic rings. The zero-order valence-corrected chi connectivity index (χ0v) is 10.8. The van der Waals surface area contributed by atoms with Crippen molar-refractivity contribution in [3.8, 4) is 11.4 Å². The lowest BCUT2D eigenvalue weighted by molar-refractivity contribution is 0.414. The Morgan fingerprint density at radius 1 is 1.17 bits per heavy atom. The standard InChI is InChI=1S/C12H13N3O2S/c1-17-10-5-3-9(4-6-10)15-11(16)13-7-2-8-14(13)12(15)18/h3-6H,2,7-8H2,1H3. The molecule has 0 N–H and O–H groups in total. The molecule has 6 heteroatoms. The summed E-state index contributed by atoms with van der Waals surface area (Å²) in [5, 5.41) is 0. The van der Waals surface area contributed by atoms with Crippen molar-refractivity contribution in [3.63, 3.8) is 0 Å². The third-order valence-corrected chi connectivity index (χ3v) is 3.58. The highest BCUT2D eigenvalue weighted by molar-refractivity contribution is 7.71. The van der Waals surface area contributed by atoms with Crippen LogP contribution in [0.5, 0.6) is 5.75 Å². The molecule has 0 saturated heterocycles. The van der Waals surface area contributed by atoms with E-state index in [0.717, 1.165) is 30.9 Å². The maximum absolute atomic E-state index is 12.2. The molecule has 94 valence electrons. The van der Waals surface area contributed by atoms with Gasteiger partial charge in [-0.3, -0.25) is 4.68 Å². The second kappa shape index (κ2) is 4.13. The lowest BCUT2D eigenvalue weighted by Crippen LogP contribution is -2.23. The van der Waals surface area contributed by atoms with Crippen LogP contribution in [0.3, 0.4) is 0 Å². The highest BCUT2D eigenvalue weighted by Gasteiger charge is 2.18. The fourth-order valence-corrected chi connectivity index (χ4v) is 2.65. The van der Waals surface area contributed by atoms with Gasteiger partial charge in [-0.15, -0.1) is 0 Å². The monoisotopic (exact) mass is 263 g/mol. The first kappa shape index (κ1) is 11.3. The Labute approximate surface area is 109 Å². The number of benzene rings is 1. The Morgan fingerprint density at radius 3 is 2.44 bits per heavy atom. The Kier molecular flexibility index (Phi) is 2.59. The van der Waals surface area contributed by atoms with Crippen LogP contribution < -0.4 is 10.4 Å². The smallest absolute Gasteiger partial charge is 0.349 e. The fourth-order valence-electron chi connectivity index (χ4n) is 2.27. The largest absolute Gasteiger partial charge is 0.497 e. The predicted octanol–water partition coefficient (Wildman–Crippen LogP) is 1.58. The molecule has 1 aliphatic rings. The third kappa shape index (κ3) is 1.53. The second-order valence-electron chi connectivity index (χ2n) is 4.20. The number of hydrogen-bond acceptors (Lipinski definition) is 3. The van der Waals surface area contributed by atoms with Crippen molar-refractivity contribution < 1.29 is 4.74 Å². The van der Waals surface area contributed by atoms with Gasteiger partial charge in [0.05, 0.1) is 12.8 Å². The number of fused-ring (bicyclic) bond motifs is 1. The average Bonchev–Trinajstić information content (AvgIpc) is 2.95. The Balaban J connectivity index is 2.18. The van der Waals surface area contributed by atoms with Crippen molar-refractivity contribution in [1.82, 2.24) is 13.9 Å². The summed E-state index contributed by atoms with van der Waals surface area (Å²) in [6.45, 7) is 1.56. The summed E-state index contributed by atoms with van der Waals surface area (Å²) in [6, 6.07) is 7.33. The van der Waals surface area contributed by atoms with E-state index in [9.17, 15) is 4.79 Å². The molecule has 0 amide bonds. The van der Waals surface area contributed by atoms with Gasteiger partial charge in [0.15, 0.2) is 0 Å². The number of aromatic nitrogens is 3. The summed E-state index contributed by atoms with van der Waals surface area (Å²) in [7, 11) is 1.61. The lowest BCUT2D eigenvalue weighted by atomic mass is 10.3. The van der Waals surface area contributed by atoms with Crippen LogP contribution in [-0.2, 0) is 13.1 Å². The molecule has 1 aromatic heterocycles. The Morgan fingerprint density at radius 2 is 1.83 bits per heavy atom. The normalized spacial score (nSPS) is 13.6. The number of hydrogen-bond donors (Lipinski definition) is 0.